The standard InChI is InChI=1S/C15H7F17N2O5/c1-5-2-3-33-6(4-5)34-7(35)8(16,17)36-9(18,19)10(20,21)37-11(22,23)12(24,25)38-13(26,27)14(28,29)39-15(30,31)32/h2-4H,1H3,(H,33,34,35). The maximum Gasteiger partial charge on any atom is 0.527 e. The molecule has 1 heterocycles. The van der Waals surface area contributed by atoms with Crippen molar-refractivity contribution in [1.82, 2.24) is 4.98 Å². The van der Waals surface area contributed by atoms with Crippen LogP contribution in [0.4, 0.5) is 80.5 Å². The van der Waals surface area contributed by atoms with Crippen molar-refractivity contribution in [1.29, 1.82) is 0 Å². The zero-order valence-electron chi connectivity index (χ0n) is 17.6. The number of pyridine rings is 1. The molecule has 226 valence electrons. The molecule has 1 aromatic rings. The van der Waals surface area contributed by atoms with Crippen LogP contribution in [-0.4, -0.2) is 60.0 Å². The summed E-state index contributed by atoms with van der Waals surface area (Å²) >= 11 is 0. The Hall–Kier alpha value is -2.73. The molecule has 0 saturated heterocycles. The number of carbonyl (C=O) groups is 1. The third kappa shape index (κ3) is 8.38. The molecule has 0 atom stereocenters. The minimum absolute atomic E-state index is 0.188. The highest BCUT2D eigenvalue weighted by molar-refractivity contribution is 5.94. The predicted octanol–water partition coefficient (Wildman–Crippen LogP) is 6.06. The fourth-order valence-electron chi connectivity index (χ4n) is 1.82. The van der Waals surface area contributed by atoms with Crippen LogP contribution in [0.3, 0.4) is 0 Å². The largest absolute Gasteiger partial charge is 0.527 e. The van der Waals surface area contributed by atoms with Gasteiger partial charge in [-0.25, -0.2) is 23.9 Å². The summed E-state index contributed by atoms with van der Waals surface area (Å²) in [5.41, 5.74) is 0.188. The fraction of sp³-hybridized carbons (Fsp3) is 0.600. The van der Waals surface area contributed by atoms with Crippen molar-refractivity contribution >= 4 is 11.7 Å². The summed E-state index contributed by atoms with van der Waals surface area (Å²) in [5, 5.41) is 1.05. The molecule has 0 aliphatic rings. The van der Waals surface area contributed by atoms with E-state index in [9.17, 15) is 79.4 Å². The first kappa shape index (κ1) is 34.3. The summed E-state index contributed by atoms with van der Waals surface area (Å²) < 4.78 is 227. The Morgan fingerprint density at radius 3 is 1.36 bits per heavy atom. The molecule has 0 aliphatic carbocycles. The highest BCUT2D eigenvalue weighted by atomic mass is 19.4. The van der Waals surface area contributed by atoms with E-state index >= 15 is 0 Å². The number of carbonyl (C=O) groups excluding carboxylic acids is 1. The average molecular weight is 618 g/mol. The van der Waals surface area contributed by atoms with E-state index in [1.807, 2.05) is 0 Å². The molecule has 0 fully saturated rings. The van der Waals surface area contributed by atoms with Gasteiger partial charge in [-0.2, -0.15) is 61.5 Å². The highest BCUT2D eigenvalue weighted by Crippen LogP contribution is 2.51. The Balaban J connectivity index is 3.13. The molecule has 0 radical (unpaired) electrons. The summed E-state index contributed by atoms with van der Waals surface area (Å²) in [7, 11) is 0. The maximum atomic E-state index is 13.6. The van der Waals surface area contributed by atoms with Gasteiger partial charge in [-0.1, -0.05) is 0 Å². The number of anilines is 1. The van der Waals surface area contributed by atoms with Crippen molar-refractivity contribution in [2.45, 2.75) is 56.0 Å². The predicted molar refractivity (Wildman–Crippen MR) is 82.6 cm³/mol. The summed E-state index contributed by atoms with van der Waals surface area (Å²) in [6.45, 7) is 1.28. The lowest BCUT2D eigenvalue weighted by atomic mass is 10.3. The zero-order chi connectivity index (χ0) is 31.1. The van der Waals surface area contributed by atoms with Gasteiger partial charge in [-0.05, 0) is 24.6 Å². The van der Waals surface area contributed by atoms with Gasteiger partial charge >= 0.3 is 55.0 Å². The van der Waals surface area contributed by atoms with Crippen LogP contribution in [0.1, 0.15) is 5.56 Å². The van der Waals surface area contributed by atoms with Crippen LogP contribution in [-0.2, 0) is 23.7 Å². The van der Waals surface area contributed by atoms with Crippen molar-refractivity contribution in [2.24, 2.45) is 0 Å². The number of hydrogen-bond donors (Lipinski definition) is 1. The molecular weight excluding hydrogens is 611 g/mol. The normalized spacial score (nSPS) is 14.9. The second kappa shape index (κ2) is 10.3. The van der Waals surface area contributed by atoms with Crippen LogP contribution in [0.25, 0.3) is 0 Å². The number of aryl methyl sites for hydroxylation is 1. The molecule has 1 amide bonds. The van der Waals surface area contributed by atoms with Gasteiger partial charge in [0, 0.05) is 6.20 Å². The molecule has 1 rings (SSSR count). The molecule has 1 aromatic heterocycles. The van der Waals surface area contributed by atoms with Crippen molar-refractivity contribution < 1.29 is 98.4 Å². The molecule has 0 unspecified atom stereocenters. The van der Waals surface area contributed by atoms with E-state index in [0.29, 0.717) is 0 Å². The van der Waals surface area contributed by atoms with E-state index in [1.165, 1.54) is 27.2 Å². The van der Waals surface area contributed by atoms with E-state index in [1.54, 1.807) is 0 Å². The summed E-state index contributed by atoms with van der Waals surface area (Å²) in [4.78, 5) is 14.6. The number of ether oxygens (including phenoxy) is 4. The van der Waals surface area contributed by atoms with E-state index in [0.717, 1.165) is 17.6 Å². The molecule has 24 heteroatoms. The number of nitrogens with zero attached hydrogens (tertiary/aromatic N) is 1. The molecule has 39 heavy (non-hydrogen) atoms. The van der Waals surface area contributed by atoms with E-state index in [2.05, 4.69) is 9.72 Å². The number of amides is 1. The van der Waals surface area contributed by atoms with Crippen LogP contribution >= 0.6 is 0 Å². The molecule has 7 nitrogen and oxygen atoms in total. The minimum Gasteiger partial charge on any atom is -0.303 e. The Morgan fingerprint density at radius 2 is 1.00 bits per heavy atom. The van der Waals surface area contributed by atoms with Gasteiger partial charge in [-0.15, -0.1) is 13.2 Å². The Bertz CT molecular complexity index is 1030. The van der Waals surface area contributed by atoms with Gasteiger partial charge in [0.15, 0.2) is 0 Å². The second-order valence-electron chi connectivity index (χ2n) is 6.64. The van der Waals surface area contributed by atoms with Crippen LogP contribution in [0.5, 0.6) is 0 Å². The first-order valence-corrected chi connectivity index (χ1v) is 8.73. The Labute approximate surface area is 201 Å². The quantitative estimate of drug-likeness (QED) is 0.287. The SMILES string of the molecule is Cc1ccnc(NC(=O)C(F)(F)OC(F)(F)C(F)(F)OC(F)(F)C(F)(F)OC(F)(F)C(F)(F)OC(F)(F)F)c1. The molecule has 0 spiro atoms. The Kier molecular flexibility index (Phi) is 9.10. The van der Waals surface area contributed by atoms with Gasteiger partial charge in [0.05, 0.1) is 0 Å². The van der Waals surface area contributed by atoms with Crippen molar-refractivity contribution in [2.75, 3.05) is 5.32 Å². The molecule has 0 aromatic carbocycles. The third-order valence-corrected chi connectivity index (χ3v) is 3.45. The third-order valence-electron chi connectivity index (χ3n) is 3.45. The monoisotopic (exact) mass is 618 g/mol. The molecule has 0 saturated carbocycles. The van der Waals surface area contributed by atoms with Crippen molar-refractivity contribution in [3.8, 4) is 0 Å². The summed E-state index contributed by atoms with van der Waals surface area (Å²) in [6.07, 6.45) is -56.8. The zero-order valence-corrected chi connectivity index (χ0v) is 17.6. The second-order valence-corrected chi connectivity index (χ2v) is 6.64. The lowest BCUT2D eigenvalue weighted by molar-refractivity contribution is -0.579. The van der Waals surface area contributed by atoms with E-state index in [4.69, 9.17) is 0 Å². The highest BCUT2D eigenvalue weighted by Gasteiger charge is 2.77. The fourth-order valence-corrected chi connectivity index (χ4v) is 1.82. The number of nitrogens with one attached hydrogen (secondary N) is 1. The van der Waals surface area contributed by atoms with Crippen LogP contribution in [0.2, 0.25) is 0 Å². The lowest BCUT2D eigenvalue weighted by Gasteiger charge is -2.35. The maximum absolute atomic E-state index is 13.6. The van der Waals surface area contributed by atoms with Gasteiger partial charge in [-0.3, -0.25) is 4.79 Å². The number of hydrogen-bond acceptors (Lipinski definition) is 6. The van der Waals surface area contributed by atoms with E-state index < -0.39 is 60.8 Å². The molecule has 0 aliphatic heterocycles. The van der Waals surface area contributed by atoms with Crippen molar-refractivity contribution in [3.05, 3.63) is 23.9 Å². The van der Waals surface area contributed by atoms with Crippen molar-refractivity contribution in [3.63, 3.8) is 0 Å². The van der Waals surface area contributed by atoms with Crippen LogP contribution < -0.4 is 5.32 Å². The average Bonchev–Trinajstić information content (AvgIpc) is 2.63. The van der Waals surface area contributed by atoms with Gasteiger partial charge in [0.25, 0.3) is 0 Å². The molecule has 0 bridgehead atoms. The first-order chi connectivity index (χ1) is 17.0. The number of rotatable bonds is 12. The van der Waals surface area contributed by atoms with E-state index in [-0.39, 0.29) is 5.56 Å². The van der Waals surface area contributed by atoms with Gasteiger partial charge in [0.2, 0.25) is 0 Å². The number of aromatic nitrogens is 1. The number of halogens is 17. The lowest BCUT2D eigenvalue weighted by Crippen LogP contribution is -2.60. The Morgan fingerprint density at radius 1 is 0.641 bits per heavy atom. The van der Waals surface area contributed by atoms with Crippen LogP contribution in [0, 0.1) is 6.92 Å². The first-order valence-electron chi connectivity index (χ1n) is 8.73. The summed E-state index contributed by atoms with van der Waals surface area (Å²) in [6, 6.07) is 2.00. The molecule has 1 N–H and O–H groups in total. The number of alkyl halides is 17. The molecular formula is C15H7F17N2O5. The smallest absolute Gasteiger partial charge is 0.303 e. The van der Waals surface area contributed by atoms with Crippen LogP contribution in [0.15, 0.2) is 18.3 Å². The van der Waals surface area contributed by atoms with Gasteiger partial charge in [0.1, 0.15) is 5.82 Å². The van der Waals surface area contributed by atoms with Gasteiger partial charge < -0.3 is 5.32 Å². The topological polar surface area (TPSA) is 78.9 Å². The minimum atomic E-state index is -7.65. The summed E-state index contributed by atoms with van der Waals surface area (Å²) in [5.74, 6) is -3.88.